The summed E-state index contributed by atoms with van der Waals surface area (Å²) >= 11 is 3.45. The van der Waals surface area contributed by atoms with Gasteiger partial charge in [-0.15, -0.1) is 0 Å². The second-order valence-electron chi connectivity index (χ2n) is 6.90. The summed E-state index contributed by atoms with van der Waals surface area (Å²) in [5.41, 5.74) is 5.93. The first kappa shape index (κ1) is 20.5. The SMILES string of the molecule is CC(=C\Sc1ccc(C)cc1)/C(=N/c1ccc(C)cc1)Sc1ccc(C)cc1. The van der Waals surface area contributed by atoms with Gasteiger partial charge in [0.2, 0.25) is 0 Å². The monoisotopic (exact) mass is 403 g/mol. The van der Waals surface area contributed by atoms with Crippen LogP contribution < -0.4 is 0 Å². The first-order valence-corrected chi connectivity index (χ1v) is 11.0. The van der Waals surface area contributed by atoms with E-state index in [0.717, 1.165) is 16.3 Å². The highest BCUT2D eigenvalue weighted by Crippen LogP contribution is 2.29. The van der Waals surface area contributed by atoms with Crippen LogP contribution in [0.2, 0.25) is 0 Å². The smallest absolute Gasteiger partial charge is 0.105 e. The van der Waals surface area contributed by atoms with Crippen molar-refractivity contribution in [2.75, 3.05) is 0 Å². The van der Waals surface area contributed by atoms with Crippen LogP contribution in [0.15, 0.2) is 98.6 Å². The second-order valence-corrected chi connectivity index (χ2v) is 8.90. The van der Waals surface area contributed by atoms with Gasteiger partial charge in [0.15, 0.2) is 0 Å². The predicted octanol–water partition coefficient (Wildman–Crippen LogP) is 8.13. The summed E-state index contributed by atoms with van der Waals surface area (Å²) in [7, 11) is 0. The third kappa shape index (κ3) is 6.15. The van der Waals surface area contributed by atoms with E-state index in [9.17, 15) is 0 Å². The van der Waals surface area contributed by atoms with Crippen LogP contribution >= 0.6 is 23.5 Å². The Balaban J connectivity index is 1.87. The van der Waals surface area contributed by atoms with Gasteiger partial charge < -0.3 is 0 Å². The molecule has 3 aromatic carbocycles. The first-order chi connectivity index (χ1) is 13.5. The van der Waals surface area contributed by atoms with E-state index in [1.807, 2.05) is 0 Å². The Kier molecular flexibility index (Phi) is 7.18. The fraction of sp³-hybridized carbons (Fsp3) is 0.160. The number of aliphatic imine (C=N–C) groups is 1. The zero-order valence-corrected chi connectivity index (χ0v) is 18.4. The molecule has 0 N–H and O–H groups in total. The van der Waals surface area contributed by atoms with Gasteiger partial charge in [-0.2, -0.15) is 0 Å². The lowest BCUT2D eigenvalue weighted by molar-refractivity contribution is 1.38. The Labute approximate surface area is 177 Å². The molecule has 3 aromatic rings. The van der Waals surface area contributed by atoms with Gasteiger partial charge in [-0.05, 0) is 75.1 Å². The van der Waals surface area contributed by atoms with E-state index in [1.54, 1.807) is 23.5 Å². The van der Waals surface area contributed by atoms with Gasteiger partial charge in [-0.3, -0.25) is 0 Å². The van der Waals surface area contributed by atoms with E-state index in [0.29, 0.717) is 0 Å². The molecule has 3 rings (SSSR count). The number of rotatable bonds is 5. The van der Waals surface area contributed by atoms with E-state index in [4.69, 9.17) is 4.99 Å². The lowest BCUT2D eigenvalue weighted by atomic mass is 10.2. The molecule has 0 heterocycles. The van der Waals surface area contributed by atoms with Crippen LogP contribution in [0.4, 0.5) is 5.69 Å². The molecule has 1 nitrogen and oxygen atoms in total. The normalized spacial score (nSPS) is 12.3. The van der Waals surface area contributed by atoms with E-state index < -0.39 is 0 Å². The summed E-state index contributed by atoms with van der Waals surface area (Å²) in [4.78, 5) is 7.38. The van der Waals surface area contributed by atoms with Crippen LogP contribution in [0.5, 0.6) is 0 Å². The molecule has 0 aliphatic heterocycles. The molecule has 142 valence electrons. The zero-order valence-electron chi connectivity index (χ0n) is 16.8. The standard InChI is InChI=1S/C25H25NS2/c1-18-5-11-22(12-6-18)26-25(28-24-15-9-20(3)10-16-24)21(4)17-27-23-13-7-19(2)8-14-23/h5-17H,1-4H3/b21-17+,26-25-. The summed E-state index contributed by atoms with van der Waals surface area (Å²) in [5, 5.41) is 3.21. The Morgan fingerprint density at radius 2 is 1.14 bits per heavy atom. The third-order valence-corrected chi connectivity index (χ3v) is 6.36. The van der Waals surface area contributed by atoms with Crippen LogP contribution in [0.1, 0.15) is 23.6 Å². The molecule has 28 heavy (non-hydrogen) atoms. The van der Waals surface area contributed by atoms with Gasteiger partial charge in [-0.25, -0.2) is 4.99 Å². The largest absolute Gasteiger partial charge is 0.241 e. The van der Waals surface area contributed by atoms with Crippen molar-refractivity contribution in [2.24, 2.45) is 4.99 Å². The van der Waals surface area contributed by atoms with Gasteiger partial charge in [-0.1, -0.05) is 76.6 Å². The highest BCUT2D eigenvalue weighted by Gasteiger charge is 2.07. The van der Waals surface area contributed by atoms with Crippen molar-refractivity contribution in [3.63, 3.8) is 0 Å². The maximum absolute atomic E-state index is 4.94. The lowest BCUT2D eigenvalue weighted by Gasteiger charge is -2.08. The van der Waals surface area contributed by atoms with Crippen LogP contribution in [0.25, 0.3) is 0 Å². The van der Waals surface area contributed by atoms with Crippen molar-refractivity contribution in [3.05, 3.63) is 100 Å². The maximum atomic E-state index is 4.94. The topological polar surface area (TPSA) is 12.4 Å². The van der Waals surface area contributed by atoms with Crippen LogP contribution in [0, 0.1) is 20.8 Å². The van der Waals surface area contributed by atoms with Crippen LogP contribution in [0.3, 0.4) is 0 Å². The molecule has 0 radical (unpaired) electrons. The molecule has 0 aromatic heterocycles. The molecule has 0 bridgehead atoms. The van der Waals surface area contributed by atoms with Gasteiger partial charge in [0.05, 0.1) is 5.69 Å². The fourth-order valence-corrected chi connectivity index (χ4v) is 4.13. The summed E-state index contributed by atoms with van der Waals surface area (Å²) in [5.74, 6) is 0. The minimum absolute atomic E-state index is 0.980. The molecular formula is C25H25NS2. The average Bonchev–Trinajstić information content (AvgIpc) is 2.70. The van der Waals surface area contributed by atoms with Crippen molar-refractivity contribution in [3.8, 4) is 0 Å². The van der Waals surface area contributed by atoms with E-state index in [2.05, 4.69) is 106 Å². The van der Waals surface area contributed by atoms with Gasteiger partial charge in [0.25, 0.3) is 0 Å². The fourth-order valence-electron chi connectivity index (χ4n) is 2.47. The molecule has 0 amide bonds. The lowest BCUT2D eigenvalue weighted by Crippen LogP contribution is -1.94. The number of benzene rings is 3. The van der Waals surface area contributed by atoms with Crippen molar-refractivity contribution in [1.82, 2.24) is 0 Å². The number of nitrogens with zero attached hydrogens (tertiary/aromatic N) is 1. The first-order valence-electron chi connectivity index (χ1n) is 9.30. The summed E-state index contributed by atoms with van der Waals surface area (Å²) in [6.45, 7) is 8.45. The quantitative estimate of drug-likeness (QED) is 0.242. The molecule has 3 heteroatoms. The van der Waals surface area contributed by atoms with Crippen LogP contribution in [-0.2, 0) is 0 Å². The van der Waals surface area contributed by atoms with E-state index >= 15 is 0 Å². The molecule has 0 saturated heterocycles. The summed E-state index contributed by atoms with van der Waals surface area (Å²) in [6.07, 6.45) is 0. The highest BCUT2D eigenvalue weighted by molar-refractivity contribution is 8.14. The molecule has 0 aliphatic carbocycles. The van der Waals surface area contributed by atoms with E-state index in [-0.39, 0.29) is 0 Å². The minimum Gasteiger partial charge on any atom is -0.241 e. The van der Waals surface area contributed by atoms with Gasteiger partial charge in [0.1, 0.15) is 5.04 Å². The molecular weight excluding hydrogens is 378 g/mol. The Morgan fingerprint density at radius 1 is 0.679 bits per heavy atom. The maximum Gasteiger partial charge on any atom is 0.105 e. The van der Waals surface area contributed by atoms with Crippen molar-refractivity contribution in [2.45, 2.75) is 37.5 Å². The molecule has 0 aliphatic rings. The van der Waals surface area contributed by atoms with Gasteiger partial charge >= 0.3 is 0 Å². The van der Waals surface area contributed by atoms with Gasteiger partial charge in [0, 0.05) is 9.79 Å². The minimum atomic E-state index is 0.980. The van der Waals surface area contributed by atoms with Crippen molar-refractivity contribution >= 4 is 34.3 Å². The molecule has 0 unspecified atom stereocenters. The Hall–Kier alpha value is -2.23. The Bertz CT molecular complexity index is 967. The van der Waals surface area contributed by atoms with Crippen LogP contribution in [-0.4, -0.2) is 5.04 Å². The Morgan fingerprint density at radius 3 is 1.68 bits per heavy atom. The highest BCUT2D eigenvalue weighted by atomic mass is 32.2. The average molecular weight is 404 g/mol. The molecule has 0 spiro atoms. The molecule has 0 atom stereocenters. The van der Waals surface area contributed by atoms with Crippen molar-refractivity contribution < 1.29 is 0 Å². The summed E-state index contributed by atoms with van der Waals surface area (Å²) in [6, 6.07) is 25.6. The number of hydrogen-bond donors (Lipinski definition) is 0. The number of aryl methyl sites for hydroxylation is 3. The number of hydrogen-bond acceptors (Lipinski definition) is 3. The number of thioether (sulfide) groups is 2. The summed E-state index contributed by atoms with van der Waals surface area (Å²) < 4.78 is 0. The zero-order chi connectivity index (χ0) is 19.9. The predicted molar refractivity (Wildman–Crippen MR) is 126 cm³/mol. The molecule has 0 fully saturated rings. The molecule has 0 saturated carbocycles. The second kappa shape index (κ2) is 9.81. The van der Waals surface area contributed by atoms with Crippen molar-refractivity contribution in [1.29, 1.82) is 0 Å². The van der Waals surface area contributed by atoms with E-state index in [1.165, 1.54) is 26.5 Å². The third-order valence-electron chi connectivity index (χ3n) is 4.23.